The molecule has 0 saturated carbocycles. The van der Waals surface area contributed by atoms with Gasteiger partial charge in [-0.05, 0) is 54.7 Å². The van der Waals surface area contributed by atoms with Crippen LogP contribution < -0.4 is 4.74 Å². The SMILES string of the molecule is Cc1cc(C(C)C)c2c(n1)O[C@H](C)[C@H](C)[C@H](C)/C=C\2C(C)C. The van der Waals surface area contributed by atoms with E-state index < -0.39 is 0 Å². The highest BCUT2D eigenvalue weighted by molar-refractivity contribution is 5.74. The highest BCUT2D eigenvalue weighted by Gasteiger charge is 2.28. The maximum absolute atomic E-state index is 6.32. The summed E-state index contributed by atoms with van der Waals surface area (Å²) in [4.78, 5) is 4.74. The van der Waals surface area contributed by atoms with Crippen LogP contribution in [0.2, 0.25) is 0 Å². The van der Waals surface area contributed by atoms with E-state index in [1.54, 1.807) is 0 Å². The lowest BCUT2D eigenvalue weighted by Gasteiger charge is -2.32. The first-order valence-electron chi connectivity index (χ1n) is 8.62. The Morgan fingerprint density at radius 3 is 2.23 bits per heavy atom. The molecule has 22 heavy (non-hydrogen) atoms. The molecule has 1 aromatic rings. The Morgan fingerprint density at radius 2 is 1.68 bits per heavy atom. The largest absolute Gasteiger partial charge is 0.474 e. The standard InChI is InChI=1S/C20H31NO/c1-11(2)17-9-13(5)15(7)16(8)22-20-19(17)18(12(3)4)10-14(6)21-20/h9-13,15-16H,1-8H3/b17-9-/t13-,15-,16-/m1/s1. The van der Waals surface area contributed by atoms with Gasteiger partial charge in [-0.2, -0.15) is 0 Å². The first-order chi connectivity index (χ1) is 10.2. The van der Waals surface area contributed by atoms with Crippen LogP contribution in [0.4, 0.5) is 0 Å². The molecule has 0 bridgehead atoms. The third-order valence-electron chi connectivity index (χ3n) is 4.99. The zero-order chi connectivity index (χ0) is 16.6. The normalized spacial score (nSPS) is 27.7. The molecule has 3 atom stereocenters. The van der Waals surface area contributed by atoms with E-state index in [1.807, 2.05) is 0 Å². The smallest absolute Gasteiger partial charge is 0.221 e. The van der Waals surface area contributed by atoms with Crippen LogP contribution in [0.15, 0.2) is 12.1 Å². The minimum Gasteiger partial charge on any atom is -0.474 e. The monoisotopic (exact) mass is 301 g/mol. The van der Waals surface area contributed by atoms with Crippen molar-refractivity contribution in [2.75, 3.05) is 0 Å². The zero-order valence-electron chi connectivity index (χ0n) is 15.4. The molecule has 0 spiro atoms. The third kappa shape index (κ3) is 3.21. The van der Waals surface area contributed by atoms with Gasteiger partial charge in [-0.25, -0.2) is 4.98 Å². The first kappa shape index (κ1) is 17.1. The molecule has 2 heterocycles. The molecule has 2 rings (SSSR count). The van der Waals surface area contributed by atoms with Crippen molar-refractivity contribution in [1.82, 2.24) is 4.98 Å². The molecule has 1 aliphatic rings. The summed E-state index contributed by atoms with van der Waals surface area (Å²) < 4.78 is 6.32. The van der Waals surface area contributed by atoms with Crippen LogP contribution in [0.5, 0.6) is 5.88 Å². The van der Waals surface area contributed by atoms with Crippen LogP contribution in [0.25, 0.3) is 5.57 Å². The number of fused-ring (bicyclic) bond motifs is 1. The molecule has 0 amide bonds. The van der Waals surface area contributed by atoms with E-state index in [0.29, 0.717) is 23.7 Å². The number of rotatable bonds is 2. The van der Waals surface area contributed by atoms with Gasteiger partial charge in [0, 0.05) is 11.3 Å². The molecule has 1 aliphatic heterocycles. The summed E-state index contributed by atoms with van der Waals surface area (Å²) in [5.41, 5.74) is 5.02. The van der Waals surface area contributed by atoms with Crippen molar-refractivity contribution in [2.45, 2.75) is 67.4 Å². The van der Waals surface area contributed by atoms with E-state index in [4.69, 9.17) is 9.72 Å². The topological polar surface area (TPSA) is 22.1 Å². The number of hydrogen-bond donors (Lipinski definition) is 0. The minimum atomic E-state index is 0.174. The highest BCUT2D eigenvalue weighted by atomic mass is 16.5. The number of pyridine rings is 1. The van der Waals surface area contributed by atoms with E-state index in [0.717, 1.165) is 11.6 Å². The molecule has 1 aromatic heterocycles. The molecule has 0 aromatic carbocycles. The van der Waals surface area contributed by atoms with Gasteiger partial charge < -0.3 is 4.74 Å². The maximum atomic E-state index is 6.32. The van der Waals surface area contributed by atoms with E-state index in [2.05, 4.69) is 67.5 Å². The molecule has 0 N–H and O–H groups in total. The number of aryl methyl sites for hydroxylation is 1. The Labute approximate surface area is 136 Å². The molecule has 0 fully saturated rings. The molecule has 0 saturated heterocycles. The van der Waals surface area contributed by atoms with E-state index in [9.17, 15) is 0 Å². The first-order valence-corrected chi connectivity index (χ1v) is 8.62. The van der Waals surface area contributed by atoms with E-state index in [1.165, 1.54) is 16.7 Å². The van der Waals surface area contributed by atoms with Crippen molar-refractivity contribution in [3.63, 3.8) is 0 Å². The van der Waals surface area contributed by atoms with Gasteiger partial charge in [0.2, 0.25) is 5.88 Å². The van der Waals surface area contributed by atoms with Gasteiger partial charge in [-0.3, -0.25) is 0 Å². The molecular formula is C20H31NO. The second-order valence-corrected chi connectivity index (χ2v) is 7.51. The Kier molecular flexibility index (Phi) is 4.99. The summed E-state index contributed by atoms with van der Waals surface area (Å²) in [5, 5.41) is 0. The average molecular weight is 301 g/mol. The predicted molar refractivity (Wildman–Crippen MR) is 94.3 cm³/mol. The van der Waals surface area contributed by atoms with Crippen molar-refractivity contribution in [1.29, 1.82) is 0 Å². The lowest BCUT2D eigenvalue weighted by molar-refractivity contribution is 0.131. The second-order valence-electron chi connectivity index (χ2n) is 7.51. The van der Waals surface area contributed by atoms with Crippen LogP contribution in [0, 0.1) is 24.7 Å². The van der Waals surface area contributed by atoms with Crippen molar-refractivity contribution in [2.24, 2.45) is 17.8 Å². The summed E-state index contributed by atoms with van der Waals surface area (Å²) in [5.74, 6) is 2.74. The van der Waals surface area contributed by atoms with E-state index in [-0.39, 0.29) is 6.10 Å². The Bertz CT molecular complexity index is 571. The van der Waals surface area contributed by atoms with Crippen LogP contribution in [-0.4, -0.2) is 11.1 Å². The molecular weight excluding hydrogens is 270 g/mol. The van der Waals surface area contributed by atoms with E-state index >= 15 is 0 Å². The molecule has 0 aliphatic carbocycles. The summed E-state index contributed by atoms with van der Waals surface area (Å²) in [7, 11) is 0. The van der Waals surface area contributed by atoms with Gasteiger partial charge >= 0.3 is 0 Å². The van der Waals surface area contributed by atoms with Crippen LogP contribution in [0.1, 0.15) is 71.2 Å². The lowest BCUT2D eigenvalue weighted by Crippen LogP contribution is -2.29. The van der Waals surface area contributed by atoms with Gasteiger partial charge in [0.1, 0.15) is 6.10 Å². The predicted octanol–water partition coefficient (Wildman–Crippen LogP) is 5.61. The molecule has 2 heteroatoms. The zero-order valence-corrected chi connectivity index (χ0v) is 15.4. The summed E-state index contributed by atoms with van der Waals surface area (Å²) in [6, 6.07) is 2.23. The minimum absolute atomic E-state index is 0.174. The lowest BCUT2D eigenvalue weighted by atomic mass is 9.81. The van der Waals surface area contributed by atoms with Gasteiger partial charge in [0.05, 0.1) is 0 Å². The quantitative estimate of drug-likeness (QED) is 0.708. The van der Waals surface area contributed by atoms with Crippen molar-refractivity contribution in [3.05, 3.63) is 29.0 Å². The fourth-order valence-electron chi connectivity index (χ4n) is 3.21. The van der Waals surface area contributed by atoms with Crippen LogP contribution in [0.3, 0.4) is 0 Å². The van der Waals surface area contributed by atoms with Crippen LogP contribution in [-0.2, 0) is 0 Å². The second kappa shape index (κ2) is 6.44. The highest BCUT2D eigenvalue weighted by Crippen LogP contribution is 2.40. The maximum Gasteiger partial charge on any atom is 0.221 e. The summed E-state index contributed by atoms with van der Waals surface area (Å²) >= 11 is 0. The Balaban J connectivity index is 2.75. The number of hydrogen-bond acceptors (Lipinski definition) is 2. The molecule has 122 valence electrons. The number of allylic oxidation sites excluding steroid dienone is 2. The van der Waals surface area contributed by atoms with Crippen LogP contribution >= 0.6 is 0 Å². The van der Waals surface area contributed by atoms with Crippen molar-refractivity contribution < 1.29 is 4.74 Å². The van der Waals surface area contributed by atoms with Gasteiger partial charge in [-0.1, -0.05) is 47.6 Å². The Morgan fingerprint density at radius 1 is 1.05 bits per heavy atom. The molecule has 0 radical (unpaired) electrons. The number of ether oxygens (including phenoxy) is 1. The molecule has 2 nitrogen and oxygen atoms in total. The fourth-order valence-corrected chi connectivity index (χ4v) is 3.21. The fraction of sp³-hybridized carbons (Fsp3) is 0.650. The third-order valence-corrected chi connectivity index (χ3v) is 4.99. The van der Waals surface area contributed by atoms with Gasteiger partial charge in [0.15, 0.2) is 0 Å². The molecule has 0 unspecified atom stereocenters. The van der Waals surface area contributed by atoms with Crippen molar-refractivity contribution >= 4 is 5.57 Å². The average Bonchev–Trinajstić information content (AvgIpc) is 2.42. The summed E-state index contributed by atoms with van der Waals surface area (Å²) in [6.07, 6.45) is 2.63. The number of aromatic nitrogens is 1. The Hall–Kier alpha value is -1.31. The van der Waals surface area contributed by atoms with Crippen molar-refractivity contribution in [3.8, 4) is 5.88 Å². The van der Waals surface area contributed by atoms with Gasteiger partial charge in [0.25, 0.3) is 0 Å². The number of nitrogens with zero attached hydrogens (tertiary/aromatic N) is 1. The summed E-state index contributed by atoms with van der Waals surface area (Å²) in [6.45, 7) is 17.8. The van der Waals surface area contributed by atoms with Gasteiger partial charge in [-0.15, -0.1) is 0 Å².